The van der Waals surface area contributed by atoms with E-state index >= 15 is 0 Å². The molecule has 100 valence electrons. The molecular weight excluding hydrogens is 236 g/mol. The third kappa shape index (κ3) is 3.11. The minimum Gasteiger partial charge on any atom is -0.335 e. The lowest BCUT2D eigenvalue weighted by Crippen LogP contribution is -2.11. The molecule has 1 aromatic heterocycles. The molecule has 1 heterocycles. The van der Waals surface area contributed by atoms with Crippen molar-refractivity contribution in [3.05, 3.63) is 53.1 Å². The van der Waals surface area contributed by atoms with Crippen LogP contribution >= 0.6 is 0 Å². The number of benzene rings is 1. The number of carbonyl (C=O) groups excluding carboxylic acids is 1. The minimum absolute atomic E-state index is 0.140. The fraction of sp³-hybridized carbons (Fsp3) is 0.375. The second-order valence-electron chi connectivity index (χ2n) is 4.96. The number of imidazole rings is 1. The summed E-state index contributed by atoms with van der Waals surface area (Å²) in [5, 5.41) is 0. The van der Waals surface area contributed by atoms with E-state index in [1.165, 1.54) is 5.56 Å². The fourth-order valence-electron chi connectivity index (χ4n) is 2.32. The van der Waals surface area contributed by atoms with Crippen molar-refractivity contribution < 1.29 is 4.79 Å². The Morgan fingerprint density at radius 1 is 1.32 bits per heavy atom. The van der Waals surface area contributed by atoms with Crippen LogP contribution in [0, 0.1) is 13.8 Å². The molecule has 0 fully saturated rings. The number of nitrogens with zero attached hydrogens (tertiary/aromatic N) is 2. The van der Waals surface area contributed by atoms with Gasteiger partial charge in [-0.1, -0.05) is 30.7 Å². The highest BCUT2D eigenvalue weighted by Crippen LogP contribution is 2.13. The lowest BCUT2D eigenvalue weighted by Gasteiger charge is -2.08. The summed E-state index contributed by atoms with van der Waals surface area (Å²) in [7, 11) is 0. The van der Waals surface area contributed by atoms with Gasteiger partial charge in [-0.05, 0) is 25.8 Å². The van der Waals surface area contributed by atoms with Gasteiger partial charge in [-0.15, -0.1) is 0 Å². The van der Waals surface area contributed by atoms with Gasteiger partial charge in [0.25, 0.3) is 0 Å². The van der Waals surface area contributed by atoms with Crippen molar-refractivity contribution in [1.29, 1.82) is 0 Å². The minimum atomic E-state index is 0.140. The number of ketones is 1. The number of aromatic nitrogens is 2. The zero-order chi connectivity index (χ0) is 13.8. The molecule has 0 N–H and O–H groups in total. The highest BCUT2D eigenvalue weighted by Gasteiger charge is 2.13. The first-order valence-electron chi connectivity index (χ1n) is 6.72. The Labute approximate surface area is 114 Å². The van der Waals surface area contributed by atoms with Crippen LogP contribution in [0.3, 0.4) is 0 Å². The molecule has 3 heteroatoms. The van der Waals surface area contributed by atoms with Crippen molar-refractivity contribution in [2.45, 2.75) is 40.2 Å². The maximum atomic E-state index is 12.3. The van der Waals surface area contributed by atoms with Crippen LogP contribution < -0.4 is 0 Å². The maximum absolute atomic E-state index is 12.3. The van der Waals surface area contributed by atoms with Gasteiger partial charge in [0.1, 0.15) is 5.82 Å². The van der Waals surface area contributed by atoms with E-state index < -0.39 is 0 Å². The third-order valence-electron chi connectivity index (χ3n) is 3.27. The summed E-state index contributed by atoms with van der Waals surface area (Å²) in [6, 6.07) is 5.95. The normalized spacial score (nSPS) is 10.7. The Hall–Kier alpha value is -1.90. The molecule has 0 radical (unpaired) electrons. The second-order valence-corrected chi connectivity index (χ2v) is 4.96. The summed E-state index contributed by atoms with van der Waals surface area (Å²) >= 11 is 0. The number of Topliss-reactive ketones (excluding diaryl/α,β-unsaturated/α-hetero) is 1. The summed E-state index contributed by atoms with van der Waals surface area (Å²) in [5.41, 5.74) is 3.02. The van der Waals surface area contributed by atoms with Gasteiger partial charge in [0.15, 0.2) is 5.78 Å². The van der Waals surface area contributed by atoms with E-state index in [1.54, 1.807) is 6.20 Å². The van der Waals surface area contributed by atoms with Crippen molar-refractivity contribution >= 4 is 5.78 Å². The van der Waals surface area contributed by atoms with Gasteiger partial charge in [0, 0.05) is 24.5 Å². The van der Waals surface area contributed by atoms with Gasteiger partial charge >= 0.3 is 0 Å². The highest BCUT2D eigenvalue weighted by molar-refractivity contribution is 5.98. The van der Waals surface area contributed by atoms with Crippen LogP contribution in [-0.2, 0) is 13.0 Å². The molecule has 0 bridgehead atoms. The Morgan fingerprint density at radius 3 is 2.79 bits per heavy atom. The Morgan fingerprint density at radius 2 is 2.11 bits per heavy atom. The molecule has 0 unspecified atom stereocenters. The molecule has 2 rings (SSSR count). The van der Waals surface area contributed by atoms with Gasteiger partial charge in [-0.25, -0.2) is 4.98 Å². The summed E-state index contributed by atoms with van der Waals surface area (Å²) < 4.78 is 2.06. The molecule has 0 saturated carbocycles. The number of rotatable bonds is 5. The van der Waals surface area contributed by atoms with Crippen molar-refractivity contribution in [3.8, 4) is 0 Å². The van der Waals surface area contributed by atoms with E-state index in [0.29, 0.717) is 6.42 Å². The SMILES string of the molecule is CCCn1ccnc1CC(=O)c1ccc(C)cc1C. The largest absolute Gasteiger partial charge is 0.335 e. The summed E-state index contributed by atoms with van der Waals surface area (Å²) in [5.74, 6) is 0.993. The van der Waals surface area contributed by atoms with E-state index in [1.807, 2.05) is 38.2 Å². The average molecular weight is 256 g/mol. The molecule has 3 nitrogen and oxygen atoms in total. The van der Waals surface area contributed by atoms with Crippen LogP contribution in [0.15, 0.2) is 30.6 Å². The predicted octanol–water partition coefficient (Wildman–Crippen LogP) is 3.34. The van der Waals surface area contributed by atoms with E-state index in [4.69, 9.17) is 0 Å². The predicted molar refractivity (Wildman–Crippen MR) is 76.5 cm³/mol. The molecule has 0 aliphatic rings. The van der Waals surface area contributed by atoms with Gasteiger partial charge in [0.05, 0.1) is 6.42 Å². The van der Waals surface area contributed by atoms with Gasteiger partial charge in [-0.3, -0.25) is 4.79 Å². The topological polar surface area (TPSA) is 34.9 Å². The van der Waals surface area contributed by atoms with Gasteiger partial charge < -0.3 is 4.57 Å². The quantitative estimate of drug-likeness (QED) is 0.769. The van der Waals surface area contributed by atoms with E-state index in [0.717, 1.165) is 29.9 Å². The van der Waals surface area contributed by atoms with E-state index in [2.05, 4.69) is 16.5 Å². The van der Waals surface area contributed by atoms with Crippen LogP contribution in [-0.4, -0.2) is 15.3 Å². The molecule has 0 aliphatic heterocycles. The first kappa shape index (κ1) is 13.5. The van der Waals surface area contributed by atoms with Crippen LogP contribution in [0.25, 0.3) is 0 Å². The molecule has 0 amide bonds. The molecule has 2 aromatic rings. The van der Waals surface area contributed by atoms with Gasteiger partial charge in [-0.2, -0.15) is 0 Å². The maximum Gasteiger partial charge on any atom is 0.170 e. The average Bonchev–Trinajstić information content (AvgIpc) is 2.77. The lowest BCUT2D eigenvalue weighted by atomic mass is 10.0. The monoisotopic (exact) mass is 256 g/mol. The Kier molecular flexibility index (Phi) is 4.15. The molecule has 0 spiro atoms. The number of hydrogen-bond acceptors (Lipinski definition) is 2. The fourth-order valence-corrected chi connectivity index (χ4v) is 2.32. The Balaban J connectivity index is 2.18. The van der Waals surface area contributed by atoms with Crippen LogP contribution in [0.4, 0.5) is 0 Å². The van der Waals surface area contributed by atoms with E-state index in [-0.39, 0.29) is 5.78 Å². The smallest absolute Gasteiger partial charge is 0.170 e. The molecule has 19 heavy (non-hydrogen) atoms. The summed E-state index contributed by atoms with van der Waals surface area (Å²) in [6.07, 6.45) is 5.12. The second kappa shape index (κ2) is 5.83. The van der Waals surface area contributed by atoms with Gasteiger partial charge in [0.2, 0.25) is 0 Å². The zero-order valence-corrected chi connectivity index (χ0v) is 11.8. The number of aryl methyl sites for hydroxylation is 3. The first-order chi connectivity index (χ1) is 9.11. The number of hydrogen-bond donors (Lipinski definition) is 0. The lowest BCUT2D eigenvalue weighted by molar-refractivity contribution is 0.0989. The molecule has 0 saturated heterocycles. The molecule has 0 atom stereocenters. The van der Waals surface area contributed by atoms with Crippen LogP contribution in [0.1, 0.15) is 40.7 Å². The highest BCUT2D eigenvalue weighted by atomic mass is 16.1. The van der Waals surface area contributed by atoms with Crippen molar-refractivity contribution in [3.63, 3.8) is 0 Å². The van der Waals surface area contributed by atoms with Crippen LogP contribution in [0.2, 0.25) is 0 Å². The first-order valence-corrected chi connectivity index (χ1v) is 6.72. The molecule has 1 aromatic carbocycles. The zero-order valence-electron chi connectivity index (χ0n) is 11.8. The van der Waals surface area contributed by atoms with Crippen molar-refractivity contribution in [1.82, 2.24) is 9.55 Å². The van der Waals surface area contributed by atoms with Crippen molar-refractivity contribution in [2.24, 2.45) is 0 Å². The molecular formula is C16H20N2O. The summed E-state index contributed by atoms with van der Waals surface area (Å²) in [4.78, 5) is 16.6. The van der Waals surface area contributed by atoms with Crippen LogP contribution in [0.5, 0.6) is 0 Å². The van der Waals surface area contributed by atoms with Crippen molar-refractivity contribution in [2.75, 3.05) is 0 Å². The van der Waals surface area contributed by atoms with E-state index in [9.17, 15) is 4.79 Å². The third-order valence-corrected chi connectivity index (χ3v) is 3.27. The summed E-state index contributed by atoms with van der Waals surface area (Å²) in [6.45, 7) is 7.05. The standard InChI is InChI=1S/C16H20N2O/c1-4-8-18-9-7-17-16(18)11-15(19)14-6-5-12(2)10-13(14)3/h5-7,9-10H,4,8,11H2,1-3H3. The molecule has 0 aliphatic carbocycles. The Bertz CT molecular complexity index is 584. The number of carbonyl (C=O) groups is 1.